The van der Waals surface area contributed by atoms with E-state index in [9.17, 15) is 0 Å². The Bertz CT molecular complexity index is 153. The van der Waals surface area contributed by atoms with E-state index in [-0.39, 0.29) is 0 Å². The van der Waals surface area contributed by atoms with E-state index in [1.807, 2.05) is 0 Å². The Labute approximate surface area is 67.0 Å². The zero-order valence-electron chi connectivity index (χ0n) is 6.49. The molecular formula is C8H13P2+. The summed E-state index contributed by atoms with van der Waals surface area (Å²) in [6, 6.07) is 0. The highest BCUT2D eigenvalue weighted by molar-refractivity contribution is 8.16. The van der Waals surface area contributed by atoms with E-state index in [0.29, 0.717) is 8.27 Å². The van der Waals surface area contributed by atoms with Gasteiger partial charge in [-0.25, -0.2) is 0 Å². The fraction of sp³-hybridized carbons (Fsp3) is 0.500. The molecular weight excluding hydrogens is 158 g/mol. The molecule has 0 amide bonds. The second kappa shape index (κ2) is 8.98. The average molecular weight is 171 g/mol. The smallest absolute Gasteiger partial charge is 0.0955 e. The van der Waals surface area contributed by atoms with E-state index in [1.165, 1.54) is 0 Å². The monoisotopic (exact) mass is 171 g/mol. The molecule has 0 aromatic rings. The van der Waals surface area contributed by atoms with Crippen molar-refractivity contribution in [3.8, 4) is 23.2 Å². The predicted molar refractivity (Wildman–Crippen MR) is 54.2 cm³/mol. The zero-order chi connectivity index (χ0) is 7.66. The van der Waals surface area contributed by atoms with Crippen molar-refractivity contribution >= 4 is 16.5 Å². The van der Waals surface area contributed by atoms with E-state index in [1.54, 1.807) is 0 Å². The summed E-state index contributed by atoms with van der Waals surface area (Å²) in [5.41, 5.74) is 6.24. The van der Waals surface area contributed by atoms with E-state index >= 15 is 0 Å². The molecule has 0 radical (unpaired) electrons. The van der Waals surface area contributed by atoms with Gasteiger partial charge in [0.25, 0.3) is 0 Å². The van der Waals surface area contributed by atoms with Gasteiger partial charge in [-0.15, -0.1) is 0 Å². The molecule has 0 spiro atoms. The first kappa shape index (κ1) is 9.98. The van der Waals surface area contributed by atoms with E-state index in [0.717, 1.165) is 21.1 Å². The van der Waals surface area contributed by atoms with Gasteiger partial charge in [-0.3, -0.25) is 0 Å². The third kappa shape index (κ3) is 7.98. The Kier molecular flexibility index (Phi) is 8.96. The molecule has 0 aromatic heterocycles. The first-order valence-electron chi connectivity index (χ1n) is 3.45. The molecule has 0 saturated carbocycles. The molecule has 0 aliphatic rings. The maximum absolute atomic E-state index is 3.14. The Morgan fingerprint density at radius 3 is 2.50 bits per heavy atom. The highest BCUT2D eigenvalue weighted by Gasteiger charge is 1.80. The lowest BCUT2D eigenvalue weighted by molar-refractivity contribution is 1.28. The minimum absolute atomic E-state index is 0.307. The van der Waals surface area contributed by atoms with E-state index in [4.69, 9.17) is 0 Å². The Balaban J connectivity index is 3.20. The summed E-state index contributed by atoms with van der Waals surface area (Å²) >= 11 is 0. The van der Waals surface area contributed by atoms with Crippen LogP contribution in [0.2, 0.25) is 0 Å². The molecule has 0 aromatic carbocycles. The number of hydrogen-bond acceptors (Lipinski definition) is 0. The Hall–Kier alpha value is -0.0200. The molecule has 0 aliphatic carbocycles. The quantitative estimate of drug-likeness (QED) is 0.323. The van der Waals surface area contributed by atoms with Crippen LogP contribution in [0.1, 0.15) is 26.7 Å². The van der Waals surface area contributed by atoms with Crippen LogP contribution >= 0.6 is 16.5 Å². The Morgan fingerprint density at radius 1 is 1.20 bits per heavy atom. The van der Waals surface area contributed by atoms with Crippen LogP contribution in [0, 0.1) is 23.2 Å². The first-order valence-corrected chi connectivity index (χ1v) is 6.84. The second-order valence-electron chi connectivity index (χ2n) is 1.62. The van der Waals surface area contributed by atoms with Crippen molar-refractivity contribution in [2.45, 2.75) is 26.7 Å². The van der Waals surface area contributed by atoms with Crippen molar-refractivity contribution in [3.05, 3.63) is 0 Å². The minimum Gasteiger partial charge on any atom is -0.0955 e. The molecule has 0 heterocycles. The largest absolute Gasteiger partial charge is 0.128 e. The molecule has 0 fully saturated rings. The van der Waals surface area contributed by atoms with Crippen LogP contribution < -0.4 is 0 Å². The van der Waals surface area contributed by atoms with Crippen molar-refractivity contribution in [1.29, 1.82) is 0 Å². The summed E-state index contributed by atoms with van der Waals surface area (Å²) in [6.45, 7) is 4.15. The third-order valence-electron chi connectivity index (χ3n) is 0.761. The summed E-state index contributed by atoms with van der Waals surface area (Å²) in [7, 11) is 1.10. The lowest BCUT2D eigenvalue weighted by atomic mass is 10.5. The van der Waals surface area contributed by atoms with Gasteiger partial charge in [0.2, 0.25) is 0 Å². The minimum atomic E-state index is 0.307. The fourth-order valence-corrected chi connectivity index (χ4v) is 2.14. The van der Waals surface area contributed by atoms with Gasteiger partial charge in [0.05, 0.1) is 13.9 Å². The summed E-state index contributed by atoms with van der Waals surface area (Å²) in [4.78, 5) is 0. The fourth-order valence-electron chi connectivity index (χ4n) is 0.365. The molecule has 0 aliphatic heterocycles. The van der Waals surface area contributed by atoms with Crippen LogP contribution in [0.3, 0.4) is 0 Å². The van der Waals surface area contributed by atoms with E-state index < -0.39 is 0 Å². The standard InChI is InChI=1S/C8H12P2/c1-3-5-7-9-10-8-6-4-2/h9-10H,3-4H2,1-2H3/p+1. The summed E-state index contributed by atoms with van der Waals surface area (Å²) in [5.74, 6) is 6.09. The summed E-state index contributed by atoms with van der Waals surface area (Å²) in [6.07, 6.45) is 1.96. The van der Waals surface area contributed by atoms with Crippen LogP contribution in [0.4, 0.5) is 0 Å². The van der Waals surface area contributed by atoms with Gasteiger partial charge in [-0.05, 0) is 5.66 Å². The highest BCUT2D eigenvalue weighted by atomic mass is 32.0. The van der Waals surface area contributed by atoms with Gasteiger partial charge in [0.1, 0.15) is 8.27 Å². The first-order chi connectivity index (χ1) is 4.91. The molecule has 10 heavy (non-hydrogen) atoms. The van der Waals surface area contributed by atoms with Crippen LogP contribution in [0.5, 0.6) is 0 Å². The van der Waals surface area contributed by atoms with Gasteiger partial charge in [0, 0.05) is 12.8 Å². The summed E-state index contributed by atoms with van der Waals surface area (Å²) in [5, 5.41) is 0. The van der Waals surface area contributed by atoms with Crippen LogP contribution in [-0.2, 0) is 0 Å². The average Bonchev–Trinajstić information content (AvgIpc) is 1.97. The molecule has 2 atom stereocenters. The highest BCUT2D eigenvalue weighted by Crippen LogP contribution is 2.33. The Morgan fingerprint density at radius 2 is 1.90 bits per heavy atom. The molecule has 2 unspecified atom stereocenters. The molecule has 0 N–H and O–H groups in total. The summed E-state index contributed by atoms with van der Waals surface area (Å²) < 4.78 is 0. The topological polar surface area (TPSA) is 0 Å². The molecule has 0 bridgehead atoms. The van der Waals surface area contributed by atoms with Gasteiger partial charge in [-0.1, -0.05) is 25.7 Å². The predicted octanol–water partition coefficient (Wildman–Crippen LogP) is 2.73. The van der Waals surface area contributed by atoms with Crippen molar-refractivity contribution in [1.82, 2.24) is 0 Å². The number of rotatable bonds is 1. The molecule has 0 nitrogen and oxygen atoms in total. The van der Waals surface area contributed by atoms with Gasteiger partial charge >= 0.3 is 0 Å². The normalized spacial score (nSPS) is 9.40. The van der Waals surface area contributed by atoms with Crippen molar-refractivity contribution in [2.75, 3.05) is 0 Å². The second-order valence-corrected chi connectivity index (χ2v) is 4.47. The molecule has 54 valence electrons. The van der Waals surface area contributed by atoms with Gasteiger partial charge in [-0.2, -0.15) is 0 Å². The lowest BCUT2D eigenvalue weighted by Gasteiger charge is -1.70. The van der Waals surface area contributed by atoms with Crippen LogP contribution in [0.25, 0.3) is 0 Å². The lowest BCUT2D eigenvalue weighted by Crippen LogP contribution is -1.47. The maximum Gasteiger partial charge on any atom is 0.128 e. The van der Waals surface area contributed by atoms with Crippen LogP contribution in [-0.4, -0.2) is 0 Å². The van der Waals surface area contributed by atoms with Crippen molar-refractivity contribution in [3.63, 3.8) is 0 Å². The van der Waals surface area contributed by atoms with Crippen molar-refractivity contribution < 1.29 is 0 Å². The molecule has 0 rings (SSSR count). The zero-order valence-corrected chi connectivity index (χ0v) is 8.65. The maximum atomic E-state index is 3.14. The van der Waals surface area contributed by atoms with Crippen LogP contribution in [0.15, 0.2) is 0 Å². The third-order valence-corrected chi connectivity index (χ3v) is 2.87. The SMILES string of the molecule is CCC#CP[PH2+]C#CCC. The molecule has 0 saturated heterocycles. The van der Waals surface area contributed by atoms with Gasteiger partial charge < -0.3 is 0 Å². The number of hydrogen-bond donors (Lipinski definition) is 0. The molecule has 2 heteroatoms. The van der Waals surface area contributed by atoms with Crippen molar-refractivity contribution in [2.24, 2.45) is 0 Å². The van der Waals surface area contributed by atoms with E-state index in [2.05, 4.69) is 37.0 Å². The van der Waals surface area contributed by atoms with Gasteiger partial charge in [0.15, 0.2) is 0 Å².